The summed E-state index contributed by atoms with van der Waals surface area (Å²) in [6, 6.07) is 0. The van der Waals surface area contributed by atoms with E-state index in [4.69, 9.17) is 4.74 Å². The van der Waals surface area contributed by atoms with Gasteiger partial charge in [0, 0.05) is 12.5 Å². The van der Waals surface area contributed by atoms with E-state index >= 15 is 0 Å². The molecule has 2 N–H and O–H groups in total. The van der Waals surface area contributed by atoms with Crippen LogP contribution in [0.4, 0.5) is 0 Å². The second-order valence-electron chi connectivity index (χ2n) is 13.3. The Kier molecular flexibility index (Phi) is 5.61. The van der Waals surface area contributed by atoms with Crippen LogP contribution in [-0.2, 0) is 4.74 Å². The first kappa shape index (κ1) is 22.9. The van der Waals surface area contributed by atoms with Crippen molar-refractivity contribution in [3.05, 3.63) is 0 Å². The Morgan fingerprint density at radius 1 is 0.871 bits per heavy atom. The number of hydrogen-bond donors (Lipinski definition) is 2. The van der Waals surface area contributed by atoms with Gasteiger partial charge in [-0.25, -0.2) is 0 Å². The molecule has 0 aromatic carbocycles. The van der Waals surface area contributed by atoms with Crippen molar-refractivity contribution in [2.75, 3.05) is 6.54 Å². The van der Waals surface area contributed by atoms with Gasteiger partial charge in [-0.1, -0.05) is 27.7 Å². The zero-order chi connectivity index (χ0) is 20.9. The highest BCUT2D eigenvalue weighted by Crippen LogP contribution is 2.71. The normalized spacial score (nSPS) is 60.5. The van der Waals surface area contributed by atoms with Gasteiger partial charge in [-0.15, -0.1) is 12.4 Å². The van der Waals surface area contributed by atoms with Crippen molar-refractivity contribution in [1.29, 1.82) is 0 Å². The number of halogens is 1. The molecule has 6 fully saturated rings. The smallest absolute Gasteiger partial charge is 0.122 e. The zero-order valence-corrected chi connectivity index (χ0v) is 21.1. The van der Waals surface area contributed by atoms with Crippen molar-refractivity contribution in [1.82, 2.24) is 5.32 Å². The highest BCUT2D eigenvalue weighted by molar-refractivity contribution is 5.85. The predicted octanol–water partition coefficient (Wildman–Crippen LogP) is 5.79. The molecule has 0 bridgehead atoms. The monoisotopic (exact) mass is 451 g/mol. The summed E-state index contributed by atoms with van der Waals surface area (Å²) in [5.74, 6) is 5.57. The van der Waals surface area contributed by atoms with E-state index in [0.29, 0.717) is 22.9 Å². The van der Waals surface area contributed by atoms with Crippen molar-refractivity contribution in [2.45, 2.75) is 110 Å². The van der Waals surface area contributed by atoms with Crippen molar-refractivity contribution >= 4 is 12.4 Å². The molecule has 0 aromatic rings. The summed E-state index contributed by atoms with van der Waals surface area (Å²) in [4.78, 5) is 0. The van der Waals surface area contributed by atoms with E-state index in [-0.39, 0.29) is 24.2 Å². The van der Waals surface area contributed by atoms with Crippen LogP contribution >= 0.6 is 12.4 Å². The summed E-state index contributed by atoms with van der Waals surface area (Å²) in [5, 5.41) is 14.2. The zero-order valence-electron chi connectivity index (χ0n) is 20.2. The van der Waals surface area contributed by atoms with Crippen LogP contribution in [0.25, 0.3) is 0 Å². The highest BCUT2D eigenvalue weighted by atomic mass is 35.5. The van der Waals surface area contributed by atoms with Gasteiger partial charge in [0.05, 0.1) is 12.2 Å². The first-order chi connectivity index (χ1) is 14.3. The minimum Gasteiger partial charge on any atom is -0.393 e. The Morgan fingerprint density at radius 2 is 1.65 bits per heavy atom. The van der Waals surface area contributed by atoms with Crippen LogP contribution < -0.4 is 5.32 Å². The fraction of sp³-hybridized carbons (Fsp3) is 1.00. The summed E-state index contributed by atoms with van der Waals surface area (Å²) < 4.78 is 7.01. The van der Waals surface area contributed by atoms with Gasteiger partial charge in [0.15, 0.2) is 0 Å². The number of piperidine rings is 1. The molecule has 1 spiro atoms. The summed E-state index contributed by atoms with van der Waals surface area (Å²) >= 11 is 0. The number of ether oxygens (including phenoxy) is 1. The standard InChI is InChI=1S/C27H45NO2.ClH/c1-16-7-12-27(28-15-16)17(2)24-23(30-27)14-22-20-6-5-18-13-19(29)8-10-25(18,3)21(20)9-11-26(22,24)4;/h16-24,28-29H,5-15H2,1-4H3;1H/t16-,17-,18-,19-,20+,21-,22-,23-,24?,25-,26-,27-;/m0./s1. The molecule has 2 aliphatic heterocycles. The molecule has 4 aliphatic carbocycles. The van der Waals surface area contributed by atoms with Crippen molar-refractivity contribution in [3.63, 3.8) is 0 Å². The Labute approximate surface area is 196 Å². The molecule has 12 atom stereocenters. The number of rotatable bonds is 0. The lowest BCUT2D eigenvalue weighted by molar-refractivity contribution is -0.140. The summed E-state index contributed by atoms with van der Waals surface area (Å²) in [5.41, 5.74) is 0.919. The van der Waals surface area contributed by atoms with E-state index in [1.165, 1.54) is 51.4 Å². The van der Waals surface area contributed by atoms with E-state index in [9.17, 15) is 5.11 Å². The number of fused-ring (bicyclic) bond motifs is 7. The fourth-order valence-corrected chi connectivity index (χ4v) is 10.4. The van der Waals surface area contributed by atoms with E-state index in [2.05, 4.69) is 33.0 Å². The van der Waals surface area contributed by atoms with Gasteiger partial charge in [0.1, 0.15) is 5.72 Å². The molecule has 2 saturated heterocycles. The average molecular weight is 452 g/mol. The molecule has 4 saturated carbocycles. The molecular weight excluding hydrogens is 406 g/mol. The van der Waals surface area contributed by atoms with Gasteiger partial charge in [0.2, 0.25) is 0 Å². The topological polar surface area (TPSA) is 41.5 Å². The molecule has 0 amide bonds. The summed E-state index contributed by atoms with van der Waals surface area (Å²) in [6.07, 6.45) is 13.2. The molecule has 2 heterocycles. The van der Waals surface area contributed by atoms with Crippen molar-refractivity contribution < 1.29 is 9.84 Å². The third-order valence-corrected chi connectivity index (χ3v) is 12.1. The van der Waals surface area contributed by atoms with E-state index in [1.54, 1.807) is 0 Å². The second-order valence-corrected chi connectivity index (χ2v) is 13.3. The molecular formula is C27H46ClNO2. The van der Waals surface area contributed by atoms with Crippen LogP contribution in [0.5, 0.6) is 0 Å². The SMILES string of the molecule is C[C@H]1CC[C@]2(NC1)O[C@H]1C[C@H]3[C@@H]4CC[C@H]5C[C@@H](O)CC[C@]5(C)[C@H]4CC[C@]3(C)C1[C@@H]2C.Cl. The summed E-state index contributed by atoms with van der Waals surface area (Å²) in [6.45, 7) is 11.3. The second kappa shape index (κ2) is 7.59. The minimum absolute atomic E-state index is 0. The van der Waals surface area contributed by atoms with Gasteiger partial charge in [-0.2, -0.15) is 0 Å². The van der Waals surface area contributed by atoms with Crippen LogP contribution in [-0.4, -0.2) is 29.6 Å². The van der Waals surface area contributed by atoms with Crippen LogP contribution in [0.3, 0.4) is 0 Å². The number of hydrogen-bond acceptors (Lipinski definition) is 3. The lowest BCUT2D eigenvalue weighted by atomic mass is 9.44. The Hall–Kier alpha value is 0.170. The average Bonchev–Trinajstić information content (AvgIpc) is 3.16. The maximum atomic E-state index is 10.3. The first-order valence-electron chi connectivity index (χ1n) is 13.4. The molecule has 6 rings (SSSR count). The van der Waals surface area contributed by atoms with E-state index < -0.39 is 0 Å². The molecule has 31 heavy (non-hydrogen) atoms. The molecule has 1 unspecified atom stereocenters. The Morgan fingerprint density at radius 3 is 2.39 bits per heavy atom. The highest BCUT2D eigenvalue weighted by Gasteiger charge is 2.68. The lowest BCUT2D eigenvalue weighted by Gasteiger charge is -2.61. The Balaban J connectivity index is 0.00000204. The van der Waals surface area contributed by atoms with Gasteiger partial charge in [-0.05, 0) is 111 Å². The van der Waals surface area contributed by atoms with Crippen LogP contribution in [0.15, 0.2) is 0 Å². The quantitative estimate of drug-likeness (QED) is 0.489. The van der Waals surface area contributed by atoms with Gasteiger partial charge in [0.25, 0.3) is 0 Å². The Bertz CT molecular complexity index is 693. The van der Waals surface area contributed by atoms with Gasteiger partial charge < -0.3 is 9.84 Å². The maximum absolute atomic E-state index is 10.3. The molecule has 178 valence electrons. The molecule has 4 heteroatoms. The maximum Gasteiger partial charge on any atom is 0.122 e. The minimum atomic E-state index is -0.0320. The van der Waals surface area contributed by atoms with Gasteiger partial charge in [-0.3, -0.25) is 5.32 Å². The number of aliphatic hydroxyl groups excluding tert-OH is 1. The van der Waals surface area contributed by atoms with Crippen molar-refractivity contribution in [3.8, 4) is 0 Å². The lowest BCUT2D eigenvalue weighted by Crippen LogP contribution is -2.57. The largest absolute Gasteiger partial charge is 0.393 e. The van der Waals surface area contributed by atoms with Crippen molar-refractivity contribution in [2.24, 2.45) is 52.3 Å². The molecule has 0 aromatic heterocycles. The number of aliphatic hydroxyl groups is 1. The fourth-order valence-electron chi connectivity index (χ4n) is 10.4. The molecule has 3 nitrogen and oxygen atoms in total. The van der Waals surface area contributed by atoms with E-state index in [0.717, 1.165) is 54.9 Å². The van der Waals surface area contributed by atoms with E-state index in [1.807, 2.05) is 0 Å². The predicted molar refractivity (Wildman–Crippen MR) is 127 cm³/mol. The molecule has 0 radical (unpaired) electrons. The van der Waals surface area contributed by atoms with Crippen LogP contribution in [0, 0.1) is 52.3 Å². The summed E-state index contributed by atoms with van der Waals surface area (Å²) in [7, 11) is 0. The number of nitrogens with one attached hydrogen (secondary N) is 1. The van der Waals surface area contributed by atoms with Gasteiger partial charge >= 0.3 is 0 Å². The van der Waals surface area contributed by atoms with Crippen LogP contribution in [0.1, 0.15) is 91.9 Å². The molecule has 6 aliphatic rings. The van der Waals surface area contributed by atoms with Crippen LogP contribution in [0.2, 0.25) is 0 Å². The first-order valence-corrected chi connectivity index (χ1v) is 13.4. The third kappa shape index (κ3) is 3.08. The third-order valence-electron chi connectivity index (χ3n) is 12.1.